The number of nitrogens with one attached hydrogen (secondary N) is 2. The van der Waals surface area contributed by atoms with E-state index in [1.165, 1.54) is 16.4 Å². The number of anilines is 2. The Bertz CT molecular complexity index is 1030. The number of hydrogen-bond donors (Lipinski definition) is 2. The fraction of sp³-hybridized carbons (Fsp3) is 0.391. The summed E-state index contributed by atoms with van der Waals surface area (Å²) < 4.78 is 26.7. The summed E-state index contributed by atoms with van der Waals surface area (Å²) in [7, 11) is -3.48. The largest absolute Gasteiger partial charge is 0.326 e. The van der Waals surface area contributed by atoms with E-state index in [0.717, 1.165) is 25.7 Å². The van der Waals surface area contributed by atoms with Gasteiger partial charge in [0.1, 0.15) is 0 Å². The van der Waals surface area contributed by atoms with E-state index in [9.17, 15) is 18.0 Å². The van der Waals surface area contributed by atoms with E-state index in [4.69, 9.17) is 0 Å². The zero-order valence-corrected chi connectivity index (χ0v) is 18.7. The Kier molecular flexibility index (Phi) is 7.46. The lowest BCUT2D eigenvalue weighted by Crippen LogP contribution is -2.27. The fourth-order valence-electron chi connectivity index (χ4n) is 3.63. The summed E-state index contributed by atoms with van der Waals surface area (Å²) in [5.41, 5.74) is 1.46. The van der Waals surface area contributed by atoms with Crippen molar-refractivity contribution in [1.82, 2.24) is 4.31 Å². The molecule has 1 fully saturated rings. The number of carbonyl (C=O) groups is 2. The highest BCUT2D eigenvalue weighted by atomic mass is 32.2. The van der Waals surface area contributed by atoms with E-state index in [1.807, 2.05) is 13.8 Å². The van der Waals surface area contributed by atoms with Gasteiger partial charge in [-0.3, -0.25) is 9.59 Å². The number of rotatable bonds is 8. The molecule has 1 heterocycles. The zero-order chi connectivity index (χ0) is 22.4. The number of amides is 2. The standard InChI is InChI=1S/C23H29N3O4S/c1-3-17(4-2)22(27)25-20-9-7-8-18(16-20)23(28)24-19-10-12-21(13-11-19)31(29,30)26-14-5-6-15-26/h7-13,16-17H,3-6,14-15H2,1-2H3,(H,24,28)(H,25,27). The van der Waals surface area contributed by atoms with Crippen LogP contribution in [0.4, 0.5) is 11.4 Å². The zero-order valence-electron chi connectivity index (χ0n) is 17.9. The Hall–Kier alpha value is -2.71. The van der Waals surface area contributed by atoms with Crippen LogP contribution in [0.2, 0.25) is 0 Å². The highest BCUT2D eigenvalue weighted by molar-refractivity contribution is 7.89. The van der Waals surface area contributed by atoms with Gasteiger partial charge in [0.2, 0.25) is 15.9 Å². The first-order valence-electron chi connectivity index (χ1n) is 10.7. The lowest BCUT2D eigenvalue weighted by Gasteiger charge is -2.16. The molecule has 7 nitrogen and oxygen atoms in total. The van der Waals surface area contributed by atoms with Crippen molar-refractivity contribution in [2.24, 2.45) is 5.92 Å². The van der Waals surface area contributed by atoms with Crippen LogP contribution in [-0.4, -0.2) is 37.6 Å². The summed E-state index contributed by atoms with van der Waals surface area (Å²) in [4.78, 5) is 25.2. The van der Waals surface area contributed by atoms with Gasteiger partial charge < -0.3 is 10.6 Å². The molecule has 2 N–H and O–H groups in total. The van der Waals surface area contributed by atoms with Crippen LogP contribution in [0.25, 0.3) is 0 Å². The first-order chi connectivity index (χ1) is 14.8. The molecule has 0 unspecified atom stereocenters. The number of carbonyl (C=O) groups excluding carboxylic acids is 2. The molecule has 0 saturated carbocycles. The number of nitrogens with zero attached hydrogens (tertiary/aromatic N) is 1. The SMILES string of the molecule is CCC(CC)C(=O)Nc1cccc(C(=O)Nc2ccc(S(=O)(=O)N3CCCC3)cc2)c1. The smallest absolute Gasteiger partial charge is 0.255 e. The van der Waals surface area contributed by atoms with Crippen LogP contribution in [0.15, 0.2) is 53.4 Å². The number of hydrogen-bond acceptors (Lipinski definition) is 4. The lowest BCUT2D eigenvalue weighted by molar-refractivity contribution is -0.120. The molecule has 166 valence electrons. The topological polar surface area (TPSA) is 95.6 Å². The van der Waals surface area contributed by atoms with E-state index >= 15 is 0 Å². The van der Waals surface area contributed by atoms with E-state index in [0.29, 0.717) is 30.0 Å². The Morgan fingerprint density at radius 2 is 1.58 bits per heavy atom. The molecule has 0 radical (unpaired) electrons. The molecule has 2 aromatic rings. The highest BCUT2D eigenvalue weighted by Gasteiger charge is 2.27. The first kappa shape index (κ1) is 23.0. The lowest BCUT2D eigenvalue weighted by atomic mass is 10.0. The summed E-state index contributed by atoms with van der Waals surface area (Å²) in [6, 6.07) is 12.9. The summed E-state index contributed by atoms with van der Waals surface area (Å²) in [6.45, 7) is 5.04. The third kappa shape index (κ3) is 5.51. The summed E-state index contributed by atoms with van der Waals surface area (Å²) >= 11 is 0. The fourth-order valence-corrected chi connectivity index (χ4v) is 5.15. The molecule has 1 aliphatic rings. The van der Waals surface area contributed by atoms with Crippen LogP contribution in [-0.2, 0) is 14.8 Å². The molecule has 1 aliphatic heterocycles. The molecule has 0 spiro atoms. The van der Waals surface area contributed by atoms with E-state index in [1.54, 1.807) is 36.4 Å². The molecule has 0 atom stereocenters. The monoisotopic (exact) mass is 443 g/mol. The summed E-state index contributed by atoms with van der Waals surface area (Å²) in [6.07, 6.45) is 3.27. The second-order valence-electron chi connectivity index (χ2n) is 7.67. The maximum Gasteiger partial charge on any atom is 0.255 e. The third-order valence-electron chi connectivity index (χ3n) is 5.56. The molecule has 0 aromatic heterocycles. The Morgan fingerprint density at radius 3 is 2.19 bits per heavy atom. The van der Waals surface area contributed by atoms with Gasteiger partial charge in [-0.1, -0.05) is 19.9 Å². The molecule has 31 heavy (non-hydrogen) atoms. The maximum absolute atomic E-state index is 12.6. The van der Waals surface area contributed by atoms with Gasteiger partial charge in [0, 0.05) is 35.9 Å². The quantitative estimate of drug-likeness (QED) is 0.642. The third-order valence-corrected chi connectivity index (χ3v) is 7.48. The first-order valence-corrected chi connectivity index (χ1v) is 12.1. The van der Waals surface area contributed by atoms with Crippen molar-refractivity contribution >= 4 is 33.2 Å². The average molecular weight is 444 g/mol. The van der Waals surface area contributed by atoms with Crippen LogP contribution in [0, 0.1) is 5.92 Å². The van der Waals surface area contributed by atoms with Gasteiger partial charge >= 0.3 is 0 Å². The van der Waals surface area contributed by atoms with Gasteiger partial charge in [0.25, 0.3) is 5.91 Å². The van der Waals surface area contributed by atoms with Crippen LogP contribution in [0.5, 0.6) is 0 Å². The van der Waals surface area contributed by atoms with Gasteiger partial charge in [-0.05, 0) is 68.1 Å². The van der Waals surface area contributed by atoms with E-state index in [-0.39, 0.29) is 22.6 Å². The normalized spacial score (nSPS) is 14.5. The Morgan fingerprint density at radius 1 is 0.935 bits per heavy atom. The minimum Gasteiger partial charge on any atom is -0.326 e. The summed E-state index contributed by atoms with van der Waals surface area (Å²) in [5.74, 6) is -0.459. The van der Waals surface area contributed by atoms with Crippen LogP contribution in [0.3, 0.4) is 0 Å². The second-order valence-corrected chi connectivity index (χ2v) is 9.61. The van der Waals surface area contributed by atoms with E-state index < -0.39 is 10.0 Å². The van der Waals surface area contributed by atoms with Crippen molar-refractivity contribution in [3.63, 3.8) is 0 Å². The maximum atomic E-state index is 12.6. The molecular formula is C23H29N3O4S. The Balaban J connectivity index is 1.67. The molecule has 2 aromatic carbocycles. The summed E-state index contributed by atoms with van der Waals surface area (Å²) in [5, 5.41) is 5.64. The van der Waals surface area contributed by atoms with Crippen molar-refractivity contribution in [3.05, 3.63) is 54.1 Å². The minimum atomic E-state index is -3.48. The van der Waals surface area contributed by atoms with Crippen molar-refractivity contribution in [2.75, 3.05) is 23.7 Å². The predicted octanol–water partition coefficient (Wildman–Crippen LogP) is 4.10. The molecule has 8 heteroatoms. The number of benzene rings is 2. The van der Waals surface area contributed by atoms with Gasteiger partial charge in [0.05, 0.1) is 4.90 Å². The second kappa shape index (κ2) is 10.1. The molecule has 1 saturated heterocycles. The van der Waals surface area contributed by atoms with Crippen molar-refractivity contribution < 1.29 is 18.0 Å². The van der Waals surface area contributed by atoms with Gasteiger partial charge in [-0.2, -0.15) is 4.31 Å². The highest BCUT2D eigenvalue weighted by Crippen LogP contribution is 2.23. The Labute approximate surface area is 183 Å². The van der Waals surface area contributed by atoms with Gasteiger partial charge in [-0.15, -0.1) is 0 Å². The van der Waals surface area contributed by atoms with Gasteiger partial charge in [-0.25, -0.2) is 8.42 Å². The molecule has 0 bridgehead atoms. The molecule has 3 rings (SSSR count). The minimum absolute atomic E-state index is 0.0580. The molecule has 0 aliphatic carbocycles. The molecular weight excluding hydrogens is 414 g/mol. The number of sulfonamides is 1. The van der Waals surface area contributed by atoms with E-state index in [2.05, 4.69) is 10.6 Å². The van der Waals surface area contributed by atoms with Crippen molar-refractivity contribution in [1.29, 1.82) is 0 Å². The van der Waals surface area contributed by atoms with Crippen LogP contribution >= 0.6 is 0 Å². The van der Waals surface area contributed by atoms with Crippen molar-refractivity contribution in [3.8, 4) is 0 Å². The van der Waals surface area contributed by atoms with Crippen LogP contribution < -0.4 is 10.6 Å². The van der Waals surface area contributed by atoms with Crippen LogP contribution in [0.1, 0.15) is 49.9 Å². The van der Waals surface area contributed by atoms with Crippen molar-refractivity contribution in [2.45, 2.75) is 44.4 Å². The van der Waals surface area contributed by atoms with Gasteiger partial charge in [0.15, 0.2) is 0 Å². The molecule has 2 amide bonds. The predicted molar refractivity (Wildman–Crippen MR) is 122 cm³/mol. The average Bonchev–Trinajstić information content (AvgIpc) is 3.31.